The summed E-state index contributed by atoms with van der Waals surface area (Å²) in [6, 6.07) is 1.76. The van der Waals surface area contributed by atoms with Crippen molar-refractivity contribution < 1.29 is 4.79 Å². The van der Waals surface area contributed by atoms with Gasteiger partial charge in [0.2, 0.25) is 5.91 Å². The number of thioether (sulfide) groups is 1. The van der Waals surface area contributed by atoms with Crippen LogP contribution in [-0.4, -0.2) is 24.0 Å². The molecule has 0 bridgehead atoms. The predicted octanol–water partition coefficient (Wildman–Crippen LogP) is 3.04. The van der Waals surface area contributed by atoms with Crippen LogP contribution in [0.1, 0.15) is 34.7 Å². The lowest BCUT2D eigenvalue weighted by Gasteiger charge is -2.17. The van der Waals surface area contributed by atoms with Gasteiger partial charge in [0, 0.05) is 9.75 Å². The molecule has 1 rings (SSSR count). The number of carbonyl (C=O) groups is 1. The molecule has 0 saturated carbocycles. The molecule has 6 heteroatoms. The molecule has 19 heavy (non-hydrogen) atoms. The van der Waals surface area contributed by atoms with Crippen molar-refractivity contribution in [1.29, 1.82) is 0 Å². The van der Waals surface area contributed by atoms with Crippen molar-refractivity contribution in [3.63, 3.8) is 0 Å². The molecule has 0 radical (unpaired) electrons. The van der Waals surface area contributed by atoms with E-state index in [2.05, 4.69) is 25.2 Å². The van der Waals surface area contributed by atoms with E-state index in [4.69, 9.17) is 5.73 Å². The van der Waals surface area contributed by atoms with Gasteiger partial charge in [-0.05, 0) is 50.8 Å². The van der Waals surface area contributed by atoms with Gasteiger partial charge in [0.05, 0.1) is 12.1 Å². The van der Waals surface area contributed by atoms with Gasteiger partial charge in [-0.1, -0.05) is 0 Å². The second-order valence-corrected chi connectivity index (χ2v) is 6.93. The SMILES string of the molecule is CSCC[C@H](N)C(=O)NC(C)c1cc(C)sc1C.Cl. The van der Waals surface area contributed by atoms with Gasteiger partial charge in [0.25, 0.3) is 0 Å². The molecular weight excluding hydrogens is 300 g/mol. The minimum atomic E-state index is -0.403. The molecule has 2 atom stereocenters. The largest absolute Gasteiger partial charge is 0.348 e. The van der Waals surface area contributed by atoms with Gasteiger partial charge in [-0.25, -0.2) is 0 Å². The van der Waals surface area contributed by atoms with E-state index < -0.39 is 6.04 Å². The Bertz CT molecular complexity index is 409. The number of hydrogen-bond donors (Lipinski definition) is 2. The molecule has 0 aromatic carbocycles. The summed E-state index contributed by atoms with van der Waals surface area (Å²) in [4.78, 5) is 14.4. The van der Waals surface area contributed by atoms with E-state index in [9.17, 15) is 4.79 Å². The molecule has 0 aliphatic heterocycles. The molecule has 110 valence electrons. The summed E-state index contributed by atoms with van der Waals surface area (Å²) >= 11 is 3.47. The lowest BCUT2D eigenvalue weighted by atomic mass is 10.1. The highest BCUT2D eigenvalue weighted by Gasteiger charge is 2.18. The number of rotatable bonds is 6. The van der Waals surface area contributed by atoms with Crippen molar-refractivity contribution in [1.82, 2.24) is 5.32 Å². The number of nitrogens with two attached hydrogens (primary N) is 1. The van der Waals surface area contributed by atoms with Gasteiger partial charge in [-0.15, -0.1) is 23.7 Å². The first-order valence-electron chi connectivity index (χ1n) is 6.07. The maximum atomic E-state index is 11.9. The summed E-state index contributed by atoms with van der Waals surface area (Å²) in [5, 5.41) is 2.99. The monoisotopic (exact) mass is 322 g/mol. The molecule has 1 unspecified atom stereocenters. The third-order valence-corrected chi connectivity index (χ3v) is 4.50. The summed E-state index contributed by atoms with van der Waals surface area (Å²) in [6.07, 6.45) is 2.74. The van der Waals surface area contributed by atoms with Crippen LogP contribution in [0, 0.1) is 13.8 Å². The smallest absolute Gasteiger partial charge is 0.237 e. The van der Waals surface area contributed by atoms with E-state index in [1.165, 1.54) is 15.3 Å². The highest BCUT2D eigenvalue weighted by Crippen LogP contribution is 2.26. The molecule has 1 aromatic heterocycles. The predicted molar refractivity (Wildman–Crippen MR) is 88.6 cm³/mol. The average molecular weight is 323 g/mol. The molecule has 0 aliphatic rings. The number of aryl methyl sites for hydroxylation is 2. The minimum absolute atomic E-state index is 0. The van der Waals surface area contributed by atoms with Crippen molar-refractivity contribution in [3.8, 4) is 0 Å². The Kier molecular flexibility index (Phi) is 8.74. The van der Waals surface area contributed by atoms with Crippen molar-refractivity contribution in [3.05, 3.63) is 21.4 Å². The lowest BCUT2D eigenvalue weighted by molar-refractivity contribution is -0.123. The highest BCUT2D eigenvalue weighted by molar-refractivity contribution is 7.98. The Hall–Kier alpha value is -0.230. The van der Waals surface area contributed by atoms with Gasteiger partial charge in [-0.3, -0.25) is 4.79 Å². The molecule has 1 amide bonds. The molecule has 1 heterocycles. The number of hydrogen-bond acceptors (Lipinski definition) is 4. The third kappa shape index (κ3) is 5.73. The van der Waals surface area contributed by atoms with Gasteiger partial charge < -0.3 is 11.1 Å². The van der Waals surface area contributed by atoms with Gasteiger partial charge in [0.15, 0.2) is 0 Å². The molecule has 3 N–H and O–H groups in total. The van der Waals surface area contributed by atoms with Crippen LogP contribution < -0.4 is 11.1 Å². The van der Waals surface area contributed by atoms with Gasteiger partial charge in [0.1, 0.15) is 0 Å². The van der Waals surface area contributed by atoms with Gasteiger partial charge >= 0.3 is 0 Å². The molecule has 0 fully saturated rings. The Balaban J connectivity index is 0.00000324. The van der Waals surface area contributed by atoms with Crippen LogP contribution in [0.25, 0.3) is 0 Å². The van der Waals surface area contributed by atoms with Crippen LogP contribution in [-0.2, 0) is 4.79 Å². The van der Waals surface area contributed by atoms with Crippen molar-refractivity contribution in [2.45, 2.75) is 39.3 Å². The lowest BCUT2D eigenvalue weighted by Crippen LogP contribution is -2.42. The normalized spacial score (nSPS) is 13.5. The Morgan fingerprint density at radius 2 is 2.16 bits per heavy atom. The topological polar surface area (TPSA) is 55.1 Å². The maximum Gasteiger partial charge on any atom is 0.237 e. The van der Waals surface area contributed by atoms with E-state index in [1.807, 2.05) is 13.2 Å². The minimum Gasteiger partial charge on any atom is -0.348 e. The standard InChI is InChI=1S/C13H22N2OS2.ClH/c1-8-7-11(10(3)18-8)9(2)15-13(16)12(14)5-6-17-4;/h7,9,12H,5-6,14H2,1-4H3,(H,15,16);1H/t9?,12-;/m0./s1. The first kappa shape index (κ1) is 18.8. The fourth-order valence-corrected chi connectivity index (χ4v) is 3.37. The van der Waals surface area contributed by atoms with Crippen LogP contribution in [0.2, 0.25) is 0 Å². The summed E-state index contributed by atoms with van der Waals surface area (Å²) in [6.45, 7) is 6.18. The summed E-state index contributed by atoms with van der Waals surface area (Å²) in [5.41, 5.74) is 7.05. The number of amides is 1. The second kappa shape index (κ2) is 8.84. The molecule has 1 aromatic rings. The first-order valence-corrected chi connectivity index (χ1v) is 8.28. The van der Waals surface area contributed by atoms with E-state index in [1.54, 1.807) is 23.1 Å². The molecule has 0 spiro atoms. The van der Waals surface area contributed by atoms with Crippen LogP contribution in [0.15, 0.2) is 6.07 Å². The zero-order valence-corrected chi connectivity index (χ0v) is 14.3. The third-order valence-electron chi connectivity index (χ3n) is 2.87. The Labute approximate surface area is 130 Å². The zero-order valence-electron chi connectivity index (χ0n) is 11.9. The summed E-state index contributed by atoms with van der Waals surface area (Å²) in [7, 11) is 0. The second-order valence-electron chi connectivity index (χ2n) is 4.49. The number of halogens is 1. The van der Waals surface area contributed by atoms with E-state index >= 15 is 0 Å². The number of carbonyl (C=O) groups excluding carboxylic acids is 1. The van der Waals surface area contributed by atoms with Gasteiger partial charge in [-0.2, -0.15) is 11.8 Å². The average Bonchev–Trinajstić information content (AvgIpc) is 2.65. The Morgan fingerprint density at radius 3 is 2.63 bits per heavy atom. The fourth-order valence-electron chi connectivity index (χ4n) is 1.85. The number of nitrogens with one attached hydrogen (secondary N) is 1. The van der Waals surface area contributed by atoms with Crippen LogP contribution >= 0.6 is 35.5 Å². The highest BCUT2D eigenvalue weighted by atomic mass is 35.5. The first-order chi connectivity index (χ1) is 8.45. The quantitative estimate of drug-likeness (QED) is 0.846. The van der Waals surface area contributed by atoms with Crippen LogP contribution in [0.5, 0.6) is 0 Å². The number of thiophene rings is 1. The van der Waals surface area contributed by atoms with E-state index in [-0.39, 0.29) is 24.4 Å². The molecule has 0 aliphatic carbocycles. The summed E-state index contributed by atoms with van der Waals surface area (Å²) in [5.74, 6) is 0.860. The van der Waals surface area contributed by atoms with E-state index in [0.717, 1.165) is 12.2 Å². The molecule has 0 saturated heterocycles. The van der Waals surface area contributed by atoms with Crippen LogP contribution in [0.3, 0.4) is 0 Å². The van der Waals surface area contributed by atoms with Crippen molar-refractivity contribution in [2.24, 2.45) is 5.73 Å². The van der Waals surface area contributed by atoms with Crippen LogP contribution in [0.4, 0.5) is 0 Å². The molecule has 3 nitrogen and oxygen atoms in total. The van der Waals surface area contributed by atoms with Crippen molar-refractivity contribution >= 4 is 41.4 Å². The van der Waals surface area contributed by atoms with E-state index in [0.29, 0.717) is 0 Å². The maximum absolute atomic E-state index is 11.9. The zero-order chi connectivity index (χ0) is 13.7. The fraction of sp³-hybridized carbons (Fsp3) is 0.615. The summed E-state index contributed by atoms with van der Waals surface area (Å²) < 4.78 is 0. The molecular formula is C13H23ClN2OS2. The van der Waals surface area contributed by atoms with Crippen molar-refractivity contribution in [2.75, 3.05) is 12.0 Å². The Morgan fingerprint density at radius 1 is 1.53 bits per heavy atom.